The first-order valence-corrected chi connectivity index (χ1v) is 15.1. The largest absolute Gasteiger partial charge is 0.494 e. The molecule has 5 aromatic rings. The number of rotatable bonds is 13. The SMILES string of the molecule is C=C(CCCOc1cccc(-c2nc3ccc(-c4nc5ccc(N6CCN(C)CC6)cc5[nH]4)cc3[nH]2)c1)NCCCN=[N+]=[N-]. The summed E-state index contributed by atoms with van der Waals surface area (Å²) < 4.78 is 6.02. The fourth-order valence-corrected chi connectivity index (χ4v) is 5.45. The van der Waals surface area contributed by atoms with Crippen molar-refractivity contribution in [3.63, 3.8) is 0 Å². The second kappa shape index (κ2) is 13.5. The van der Waals surface area contributed by atoms with Gasteiger partial charge in [0.05, 0.1) is 28.7 Å². The van der Waals surface area contributed by atoms with Gasteiger partial charge in [-0.3, -0.25) is 0 Å². The van der Waals surface area contributed by atoms with Crippen LogP contribution < -0.4 is 15.0 Å². The van der Waals surface area contributed by atoms with Crippen LogP contribution in [0.4, 0.5) is 5.69 Å². The van der Waals surface area contributed by atoms with Crippen molar-refractivity contribution in [2.24, 2.45) is 5.11 Å². The van der Waals surface area contributed by atoms with E-state index in [0.717, 1.165) is 108 Å². The molecule has 3 N–H and O–H groups in total. The first-order chi connectivity index (χ1) is 21.6. The Bertz CT molecular complexity index is 1790. The van der Waals surface area contributed by atoms with Gasteiger partial charge in [-0.2, -0.15) is 0 Å². The summed E-state index contributed by atoms with van der Waals surface area (Å²) in [6, 6.07) is 20.7. The number of aromatic amines is 2. The Balaban J connectivity index is 1.08. The van der Waals surface area contributed by atoms with Gasteiger partial charge < -0.3 is 29.8 Å². The van der Waals surface area contributed by atoms with Crippen LogP contribution in [-0.2, 0) is 0 Å². The highest BCUT2D eigenvalue weighted by Crippen LogP contribution is 2.29. The van der Waals surface area contributed by atoms with Crippen molar-refractivity contribution >= 4 is 27.8 Å². The molecular weight excluding hydrogens is 552 g/mol. The van der Waals surface area contributed by atoms with Crippen molar-refractivity contribution < 1.29 is 4.74 Å². The van der Waals surface area contributed by atoms with Crippen LogP contribution in [-0.4, -0.2) is 77.8 Å². The number of nitrogens with zero attached hydrogens (tertiary/aromatic N) is 7. The Morgan fingerprint density at radius 1 is 0.955 bits per heavy atom. The maximum atomic E-state index is 8.33. The van der Waals surface area contributed by atoms with E-state index in [4.69, 9.17) is 20.2 Å². The maximum Gasteiger partial charge on any atom is 0.138 e. The number of hydrogen-bond acceptors (Lipinski definition) is 7. The predicted octanol–water partition coefficient (Wildman–Crippen LogP) is 6.49. The van der Waals surface area contributed by atoms with Crippen LogP contribution in [0.15, 0.2) is 78.1 Å². The number of piperazine rings is 1. The summed E-state index contributed by atoms with van der Waals surface area (Å²) >= 11 is 0. The van der Waals surface area contributed by atoms with Crippen molar-refractivity contribution in [1.82, 2.24) is 30.2 Å². The molecule has 11 nitrogen and oxygen atoms in total. The molecular formula is C33H38N10O. The number of azide groups is 1. The van der Waals surface area contributed by atoms with E-state index < -0.39 is 0 Å². The van der Waals surface area contributed by atoms with Crippen molar-refractivity contribution in [3.8, 4) is 28.5 Å². The molecule has 0 bridgehead atoms. The Hall–Kier alpha value is -4.99. The summed E-state index contributed by atoms with van der Waals surface area (Å²) in [7, 11) is 2.18. The number of likely N-dealkylation sites (N-methyl/N-ethyl adjacent to an activating group) is 1. The molecule has 3 heterocycles. The first kappa shape index (κ1) is 29.1. The smallest absolute Gasteiger partial charge is 0.138 e. The Morgan fingerprint density at radius 2 is 1.68 bits per heavy atom. The molecule has 44 heavy (non-hydrogen) atoms. The van der Waals surface area contributed by atoms with Crippen LogP contribution in [0.3, 0.4) is 0 Å². The van der Waals surface area contributed by atoms with Gasteiger partial charge in [-0.1, -0.05) is 23.8 Å². The zero-order valence-corrected chi connectivity index (χ0v) is 25.1. The fraction of sp³-hybridized carbons (Fsp3) is 0.333. The van der Waals surface area contributed by atoms with Gasteiger partial charge in [0.1, 0.15) is 17.4 Å². The highest BCUT2D eigenvalue weighted by atomic mass is 16.5. The maximum absolute atomic E-state index is 8.33. The number of ether oxygens (including phenoxy) is 1. The lowest BCUT2D eigenvalue weighted by Crippen LogP contribution is -2.44. The lowest BCUT2D eigenvalue weighted by Gasteiger charge is -2.34. The van der Waals surface area contributed by atoms with E-state index in [-0.39, 0.29) is 0 Å². The third-order valence-corrected chi connectivity index (χ3v) is 7.96. The molecule has 0 saturated carbocycles. The van der Waals surface area contributed by atoms with E-state index in [1.807, 2.05) is 30.3 Å². The molecule has 0 amide bonds. The average molecular weight is 591 g/mol. The summed E-state index contributed by atoms with van der Waals surface area (Å²) in [5.74, 6) is 2.44. The van der Waals surface area contributed by atoms with Crippen molar-refractivity contribution in [2.75, 3.05) is 57.8 Å². The molecule has 226 valence electrons. The molecule has 3 aromatic carbocycles. The number of nitrogens with one attached hydrogen (secondary N) is 3. The molecule has 1 aliphatic rings. The fourth-order valence-electron chi connectivity index (χ4n) is 5.45. The number of H-pyrrole nitrogens is 2. The van der Waals surface area contributed by atoms with Crippen LogP contribution in [0.1, 0.15) is 19.3 Å². The van der Waals surface area contributed by atoms with Crippen LogP contribution in [0.5, 0.6) is 5.75 Å². The Kier molecular flexibility index (Phi) is 8.95. The number of imidazole rings is 2. The molecule has 0 atom stereocenters. The summed E-state index contributed by atoms with van der Waals surface area (Å²) in [5, 5.41) is 6.80. The molecule has 0 radical (unpaired) electrons. The van der Waals surface area contributed by atoms with Crippen molar-refractivity contribution in [1.29, 1.82) is 0 Å². The van der Waals surface area contributed by atoms with E-state index in [0.29, 0.717) is 13.2 Å². The number of fused-ring (bicyclic) bond motifs is 2. The van der Waals surface area contributed by atoms with Gasteiger partial charge in [0.25, 0.3) is 0 Å². The Labute approximate surface area is 256 Å². The van der Waals surface area contributed by atoms with Crippen LogP contribution in [0.25, 0.3) is 55.3 Å². The monoisotopic (exact) mass is 590 g/mol. The second-order valence-electron chi connectivity index (χ2n) is 11.2. The van der Waals surface area contributed by atoms with Crippen molar-refractivity contribution in [3.05, 3.63) is 83.4 Å². The van der Waals surface area contributed by atoms with Crippen LogP contribution >= 0.6 is 0 Å². The molecule has 0 spiro atoms. The van der Waals surface area contributed by atoms with E-state index in [1.54, 1.807) is 0 Å². The summed E-state index contributed by atoms with van der Waals surface area (Å²) in [6.07, 6.45) is 2.45. The standard InChI is InChI=1S/C33H38N10O/c1-23(35-13-5-14-36-41-34)6-4-19-44-27-8-3-7-24(20-27)32-37-28-11-9-25(21-30(28)39-32)33-38-29-12-10-26(22-31(29)40-33)43-17-15-42(2)16-18-43/h3,7-12,20-22,35H,1,4-6,13-19H2,2H3,(H,37,39)(H,38,40). The van der Waals surface area contributed by atoms with Gasteiger partial charge in [0.2, 0.25) is 0 Å². The van der Waals surface area contributed by atoms with Crippen LogP contribution in [0, 0.1) is 0 Å². The third kappa shape index (κ3) is 6.96. The molecule has 6 rings (SSSR count). The van der Waals surface area contributed by atoms with Crippen molar-refractivity contribution in [2.45, 2.75) is 19.3 Å². The summed E-state index contributed by atoms with van der Waals surface area (Å²) in [6.45, 7) is 10.1. The number of hydrogen-bond donors (Lipinski definition) is 3. The molecule has 1 aliphatic heterocycles. The highest BCUT2D eigenvalue weighted by molar-refractivity contribution is 5.87. The van der Waals surface area contributed by atoms with Gasteiger partial charge in [-0.05, 0) is 80.4 Å². The molecule has 1 saturated heterocycles. The molecule has 0 unspecified atom stereocenters. The zero-order chi connectivity index (χ0) is 30.3. The second-order valence-corrected chi connectivity index (χ2v) is 11.2. The van der Waals surface area contributed by atoms with E-state index in [9.17, 15) is 0 Å². The van der Waals surface area contributed by atoms with Gasteiger partial charge >= 0.3 is 0 Å². The lowest BCUT2D eigenvalue weighted by molar-refractivity contribution is 0.310. The zero-order valence-electron chi connectivity index (χ0n) is 25.1. The van der Waals surface area contributed by atoms with E-state index >= 15 is 0 Å². The minimum Gasteiger partial charge on any atom is -0.494 e. The van der Waals surface area contributed by atoms with Gasteiger partial charge in [0.15, 0.2) is 0 Å². The highest BCUT2D eigenvalue weighted by Gasteiger charge is 2.16. The third-order valence-electron chi connectivity index (χ3n) is 7.96. The number of allylic oxidation sites excluding steroid dienone is 1. The topological polar surface area (TPSA) is 134 Å². The molecule has 2 aromatic heterocycles. The van der Waals surface area contributed by atoms with Gasteiger partial charge in [-0.25, -0.2) is 9.97 Å². The van der Waals surface area contributed by atoms with Gasteiger partial charge in [-0.15, -0.1) is 0 Å². The summed E-state index contributed by atoms with van der Waals surface area (Å²) in [5.41, 5.74) is 16.4. The molecule has 1 fully saturated rings. The minimum absolute atomic E-state index is 0.488. The first-order valence-electron chi connectivity index (χ1n) is 15.1. The van der Waals surface area contributed by atoms with E-state index in [2.05, 4.69) is 79.1 Å². The van der Waals surface area contributed by atoms with Gasteiger partial charge in [0, 0.05) is 66.7 Å². The normalized spacial score (nSPS) is 13.7. The van der Waals surface area contributed by atoms with Crippen LogP contribution in [0.2, 0.25) is 0 Å². The lowest BCUT2D eigenvalue weighted by atomic mass is 10.2. The average Bonchev–Trinajstić information content (AvgIpc) is 3.67. The predicted molar refractivity (Wildman–Crippen MR) is 177 cm³/mol. The Morgan fingerprint density at radius 3 is 2.45 bits per heavy atom. The number of anilines is 1. The molecule has 0 aliphatic carbocycles. The van der Waals surface area contributed by atoms with E-state index in [1.165, 1.54) is 5.69 Å². The summed E-state index contributed by atoms with van der Waals surface area (Å²) in [4.78, 5) is 24.3. The number of aromatic nitrogens is 4. The number of benzene rings is 3. The minimum atomic E-state index is 0.488. The molecule has 11 heteroatoms. The quantitative estimate of drug-likeness (QED) is 0.0621.